The molecule has 0 spiro atoms. The third-order valence-electron chi connectivity index (χ3n) is 3.08. The van der Waals surface area contributed by atoms with Gasteiger partial charge in [-0.15, -0.1) is 0 Å². The third-order valence-corrected chi connectivity index (χ3v) is 4.52. The molecule has 2 rings (SSSR count). The summed E-state index contributed by atoms with van der Waals surface area (Å²) in [5.74, 6) is 0.918. The minimum Gasteiger partial charge on any atom is -0.362 e. The Kier molecular flexibility index (Phi) is 4.50. The van der Waals surface area contributed by atoms with Gasteiger partial charge in [0.2, 0.25) is 0 Å². The molecule has 1 aromatic carbocycles. The van der Waals surface area contributed by atoms with E-state index in [-0.39, 0.29) is 5.82 Å². The summed E-state index contributed by atoms with van der Waals surface area (Å²) in [6, 6.07) is 7.01. The number of thioether (sulfide) groups is 1. The number of amidine groups is 1. The highest BCUT2D eigenvalue weighted by Crippen LogP contribution is 2.27. The summed E-state index contributed by atoms with van der Waals surface area (Å²) < 4.78 is 12.8. The van der Waals surface area contributed by atoms with Crippen molar-refractivity contribution in [3.8, 4) is 0 Å². The van der Waals surface area contributed by atoms with Crippen molar-refractivity contribution >= 4 is 16.9 Å². The fourth-order valence-corrected chi connectivity index (χ4v) is 3.02. The van der Waals surface area contributed by atoms with E-state index >= 15 is 0 Å². The molecule has 1 aliphatic rings. The molecular formula is C15H21FN2S. The van der Waals surface area contributed by atoms with Gasteiger partial charge in [-0.25, -0.2) is 4.39 Å². The molecule has 1 aliphatic heterocycles. The second-order valence-electron chi connectivity index (χ2n) is 5.95. The van der Waals surface area contributed by atoms with Gasteiger partial charge in [0.1, 0.15) is 5.82 Å². The van der Waals surface area contributed by atoms with Gasteiger partial charge in [0, 0.05) is 18.3 Å². The first-order valence-corrected chi connectivity index (χ1v) is 7.61. The number of aliphatic imine (C=N–C) groups is 1. The molecule has 0 bridgehead atoms. The van der Waals surface area contributed by atoms with Gasteiger partial charge in [-0.3, -0.25) is 4.99 Å². The van der Waals surface area contributed by atoms with E-state index in [4.69, 9.17) is 0 Å². The van der Waals surface area contributed by atoms with E-state index in [0.29, 0.717) is 11.5 Å². The maximum atomic E-state index is 12.8. The zero-order valence-corrected chi connectivity index (χ0v) is 12.6. The van der Waals surface area contributed by atoms with Crippen LogP contribution in [0.4, 0.5) is 4.39 Å². The average molecular weight is 280 g/mol. The summed E-state index contributed by atoms with van der Waals surface area (Å²) in [5, 5.41) is 4.47. The molecule has 0 radical (unpaired) electrons. The molecule has 1 N–H and O–H groups in total. The molecule has 1 unspecified atom stereocenters. The van der Waals surface area contributed by atoms with Gasteiger partial charge in [-0.05, 0) is 36.5 Å². The van der Waals surface area contributed by atoms with Crippen LogP contribution in [0.15, 0.2) is 29.3 Å². The topological polar surface area (TPSA) is 24.4 Å². The molecule has 0 amide bonds. The fraction of sp³-hybridized carbons (Fsp3) is 0.533. The second kappa shape index (κ2) is 5.95. The van der Waals surface area contributed by atoms with Crippen LogP contribution < -0.4 is 5.32 Å². The van der Waals surface area contributed by atoms with Gasteiger partial charge in [-0.2, -0.15) is 0 Å². The first-order valence-electron chi connectivity index (χ1n) is 6.63. The fourth-order valence-electron chi connectivity index (χ4n) is 1.96. The lowest BCUT2D eigenvalue weighted by atomic mass is 9.97. The van der Waals surface area contributed by atoms with Crippen LogP contribution in [0.1, 0.15) is 26.3 Å². The van der Waals surface area contributed by atoms with Gasteiger partial charge >= 0.3 is 0 Å². The number of hydrogen-bond acceptors (Lipinski definition) is 3. The van der Waals surface area contributed by atoms with Crippen LogP contribution in [0.5, 0.6) is 0 Å². The monoisotopic (exact) mass is 280 g/mol. The Bertz CT molecular complexity index is 454. The van der Waals surface area contributed by atoms with Crippen molar-refractivity contribution in [3.63, 3.8) is 0 Å². The summed E-state index contributed by atoms with van der Waals surface area (Å²) >= 11 is 1.79. The predicted molar refractivity (Wildman–Crippen MR) is 81.2 cm³/mol. The Balaban J connectivity index is 1.86. The minimum absolute atomic E-state index is 0.182. The lowest BCUT2D eigenvalue weighted by Crippen LogP contribution is -2.37. The van der Waals surface area contributed by atoms with Crippen molar-refractivity contribution in [1.29, 1.82) is 0 Å². The number of benzene rings is 1. The quantitative estimate of drug-likeness (QED) is 0.916. The van der Waals surface area contributed by atoms with Crippen molar-refractivity contribution < 1.29 is 4.39 Å². The Morgan fingerprint density at radius 1 is 1.37 bits per heavy atom. The normalized spacial score (nSPS) is 19.7. The maximum Gasteiger partial charge on any atom is 0.156 e. The third kappa shape index (κ3) is 4.53. The number of nitrogens with one attached hydrogen (secondary N) is 1. The van der Waals surface area contributed by atoms with Crippen molar-refractivity contribution in [1.82, 2.24) is 5.32 Å². The van der Waals surface area contributed by atoms with Gasteiger partial charge in [0.25, 0.3) is 0 Å². The Morgan fingerprint density at radius 3 is 2.63 bits per heavy atom. The molecule has 104 valence electrons. The van der Waals surface area contributed by atoms with Crippen molar-refractivity contribution in [2.45, 2.75) is 33.2 Å². The number of nitrogens with zero attached hydrogens (tertiary/aromatic N) is 1. The van der Waals surface area contributed by atoms with Crippen molar-refractivity contribution in [3.05, 3.63) is 35.6 Å². The summed E-state index contributed by atoms with van der Waals surface area (Å²) in [5.41, 5.74) is 1.44. The standard InChI is InChI=1S/C15H21FN2S/c1-11(8-12-4-6-13(16)7-5-12)18-14-17-9-15(2,3)10-19-14/h4-7,11H,8-10H2,1-3H3,(H,17,18). The van der Waals surface area contributed by atoms with E-state index < -0.39 is 0 Å². The number of rotatable bonds is 3. The predicted octanol–water partition coefficient (Wildman–Crippen LogP) is 3.48. The SMILES string of the molecule is CC(Cc1ccc(F)cc1)NC1=NCC(C)(C)CS1. The highest BCUT2D eigenvalue weighted by Gasteiger charge is 2.23. The van der Waals surface area contributed by atoms with E-state index in [0.717, 1.165) is 29.4 Å². The van der Waals surface area contributed by atoms with Crippen molar-refractivity contribution in [2.75, 3.05) is 12.3 Å². The summed E-state index contributed by atoms with van der Waals surface area (Å²) in [6.45, 7) is 7.49. The van der Waals surface area contributed by atoms with Crippen LogP contribution in [0, 0.1) is 11.2 Å². The van der Waals surface area contributed by atoms with E-state index in [1.54, 1.807) is 11.8 Å². The van der Waals surface area contributed by atoms with E-state index in [1.165, 1.54) is 12.1 Å². The summed E-state index contributed by atoms with van der Waals surface area (Å²) in [7, 11) is 0. The lowest BCUT2D eigenvalue weighted by Gasteiger charge is -2.28. The van der Waals surface area contributed by atoms with Crippen LogP contribution in [0.2, 0.25) is 0 Å². The lowest BCUT2D eigenvalue weighted by molar-refractivity contribution is 0.436. The van der Waals surface area contributed by atoms with E-state index in [9.17, 15) is 4.39 Å². The smallest absolute Gasteiger partial charge is 0.156 e. The Hall–Kier alpha value is -1.03. The molecule has 0 aliphatic carbocycles. The maximum absolute atomic E-state index is 12.8. The molecule has 4 heteroatoms. The highest BCUT2D eigenvalue weighted by molar-refractivity contribution is 8.13. The largest absolute Gasteiger partial charge is 0.362 e. The van der Waals surface area contributed by atoms with Crippen LogP contribution in [0.3, 0.4) is 0 Å². The molecule has 19 heavy (non-hydrogen) atoms. The second-order valence-corrected chi connectivity index (χ2v) is 6.91. The van der Waals surface area contributed by atoms with Crippen LogP contribution in [-0.4, -0.2) is 23.5 Å². The highest BCUT2D eigenvalue weighted by atomic mass is 32.2. The van der Waals surface area contributed by atoms with Gasteiger partial charge in [0.15, 0.2) is 5.17 Å². The van der Waals surface area contributed by atoms with Gasteiger partial charge in [0.05, 0.1) is 0 Å². The molecule has 2 nitrogen and oxygen atoms in total. The number of hydrogen-bond donors (Lipinski definition) is 1. The van der Waals surface area contributed by atoms with Gasteiger partial charge in [-0.1, -0.05) is 37.7 Å². The summed E-state index contributed by atoms with van der Waals surface area (Å²) in [6.07, 6.45) is 0.878. The average Bonchev–Trinajstić information content (AvgIpc) is 2.35. The molecule has 1 aromatic rings. The van der Waals surface area contributed by atoms with Crippen LogP contribution in [0.25, 0.3) is 0 Å². The minimum atomic E-state index is -0.182. The molecule has 1 atom stereocenters. The zero-order chi connectivity index (χ0) is 13.9. The first-order chi connectivity index (χ1) is 8.94. The Labute approximate surface area is 118 Å². The van der Waals surface area contributed by atoms with Crippen LogP contribution in [-0.2, 0) is 6.42 Å². The van der Waals surface area contributed by atoms with Crippen molar-refractivity contribution in [2.24, 2.45) is 10.4 Å². The molecule has 0 saturated carbocycles. The first kappa shape index (κ1) is 14.4. The molecular weight excluding hydrogens is 259 g/mol. The van der Waals surface area contributed by atoms with Crippen LogP contribution >= 0.6 is 11.8 Å². The molecule has 1 heterocycles. The van der Waals surface area contributed by atoms with E-state index in [1.807, 2.05) is 12.1 Å². The Morgan fingerprint density at radius 2 is 2.05 bits per heavy atom. The van der Waals surface area contributed by atoms with E-state index in [2.05, 4.69) is 31.1 Å². The molecule has 0 saturated heterocycles. The number of halogens is 1. The molecule has 0 fully saturated rings. The summed E-state index contributed by atoms with van der Waals surface area (Å²) in [4.78, 5) is 4.59. The molecule has 0 aromatic heterocycles. The zero-order valence-electron chi connectivity index (χ0n) is 11.7. The van der Waals surface area contributed by atoms with Gasteiger partial charge < -0.3 is 5.32 Å².